The maximum atomic E-state index is 12.4. The zero-order valence-electron chi connectivity index (χ0n) is 16.5. The van der Waals surface area contributed by atoms with Crippen LogP contribution < -0.4 is 19.5 Å². The first-order valence-electron chi connectivity index (χ1n) is 8.72. The number of methoxy groups -OCH3 is 3. The Labute approximate surface area is 167 Å². The van der Waals surface area contributed by atoms with Crippen LogP contribution in [0.3, 0.4) is 0 Å². The minimum Gasteiger partial charge on any atom is -0.497 e. The fourth-order valence-electron chi connectivity index (χ4n) is 2.80. The number of amides is 1. The van der Waals surface area contributed by atoms with Crippen molar-refractivity contribution in [3.8, 4) is 17.2 Å². The minimum absolute atomic E-state index is 0.0455. The number of carbonyl (C=O) groups excluding carboxylic acids is 2. The fourth-order valence-corrected chi connectivity index (χ4v) is 2.80. The maximum absolute atomic E-state index is 12.4. The van der Waals surface area contributed by atoms with Gasteiger partial charge < -0.3 is 28.7 Å². The van der Waals surface area contributed by atoms with Crippen LogP contribution in [0.5, 0.6) is 17.2 Å². The Hall–Kier alpha value is -3.68. The monoisotopic (exact) mass is 399 g/mol. The lowest BCUT2D eigenvalue weighted by molar-refractivity contribution is -0.119. The van der Waals surface area contributed by atoms with Gasteiger partial charge in [0.2, 0.25) is 5.76 Å². The number of hydrogen-bond donors (Lipinski definition) is 1. The Morgan fingerprint density at radius 3 is 2.21 bits per heavy atom. The molecule has 1 amide bonds. The van der Waals surface area contributed by atoms with Crippen LogP contribution in [0, 0.1) is 6.92 Å². The molecule has 0 aliphatic carbocycles. The van der Waals surface area contributed by atoms with Gasteiger partial charge in [0.15, 0.2) is 6.61 Å². The number of nitrogens with one attached hydrogen (secondary N) is 1. The fraction of sp³-hybridized carbons (Fsp3) is 0.238. The number of anilines is 1. The van der Waals surface area contributed by atoms with Gasteiger partial charge in [-0.25, -0.2) is 4.79 Å². The van der Waals surface area contributed by atoms with E-state index in [2.05, 4.69) is 5.32 Å². The van der Waals surface area contributed by atoms with Gasteiger partial charge in [0.1, 0.15) is 22.8 Å². The highest BCUT2D eigenvalue weighted by molar-refractivity contribution is 5.98. The molecule has 0 aliphatic rings. The third-order valence-electron chi connectivity index (χ3n) is 4.30. The molecule has 3 aromatic rings. The van der Waals surface area contributed by atoms with Crippen molar-refractivity contribution < 1.29 is 33.0 Å². The molecule has 1 N–H and O–H groups in total. The molecule has 0 atom stereocenters. The van der Waals surface area contributed by atoms with Gasteiger partial charge in [-0.2, -0.15) is 0 Å². The smallest absolute Gasteiger partial charge is 0.375 e. The summed E-state index contributed by atoms with van der Waals surface area (Å²) < 4.78 is 26.2. The lowest BCUT2D eigenvalue weighted by Gasteiger charge is -2.10. The van der Waals surface area contributed by atoms with Gasteiger partial charge >= 0.3 is 5.97 Å². The van der Waals surface area contributed by atoms with E-state index in [-0.39, 0.29) is 5.76 Å². The molecule has 0 saturated carbocycles. The molecule has 29 heavy (non-hydrogen) atoms. The van der Waals surface area contributed by atoms with E-state index in [0.29, 0.717) is 34.1 Å². The Balaban J connectivity index is 1.67. The molecule has 8 heteroatoms. The molecule has 152 valence electrons. The van der Waals surface area contributed by atoms with E-state index in [1.165, 1.54) is 14.2 Å². The number of aryl methyl sites for hydroxylation is 1. The summed E-state index contributed by atoms with van der Waals surface area (Å²) in [6.07, 6.45) is 0. The zero-order valence-corrected chi connectivity index (χ0v) is 16.5. The summed E-state index contributed by atoms with van der Waals surface area (Å²) in [6.45, 7) is 1.27. The van der Waals surface area contributed by atoms with Crippen LogP contribution in [-0.2, 0) is 9.53 Å². The van der Waals surface area contributed by atoms with Crippen molar-refractivity contribution in [2.24, 2.45) is 0 Å². The Morgan fingerprint density at radius 2 is 1.59 bits per heavy atom. The van der Waals surface area contributed by atoms with Crippen molar-refractivity contribution in [3.05, 3.63) is 47.7 Å². The van der Waals surface area contributed by atoms with Crippen molar-refractivity contribution in [1.82, 2.24) is 0 Å². The number of benzene rings is 2. The molecule has 3 rings (SSSR count). The van der Waals surface area contributed by atoms with Crippen LogP contribution >= 0.6 is 0 Å². The van der Waals surface area contributed by atoms with Gasteiger partial charge in [0.25, 0.3) is 5.91 Å². The lowest BCUT2D eigenvalue weighted by Crippen LogP contribution is -2.21. The quantitative estimate of drug-likeness (QED) is 0.607. The standard InChI is InChI=1S/C21H21NO7/c1-12-17-10-14(25-2)5-6-18(17)29-20(12)21(24)28-11-19(23)22-13-7-15(26-3)9-16(8-13)27-4/h5-10H,11H2,1-4H3,(H,22,23). The molecule has 1 heterocycles. The number of carbonyl (C=O) groups is 2. The second-order valence-corrected chi connectivity index (χ2v) is 6.14. The summed E-state index contributed by atoms with van der Waals surface area (Å²) in [6, 6.07) is 10.1. The number of fused-ring (bicyclic) bond motifs is 1. The van der Waals surface area contributed by atoms with Gasteiger partial charge in [-0.05, 0) is 25.1 Å². The van der Waals surface area contributed by atoms with Crippen LogP contribution in [0.15, 0.2) is 40.8 Å². The van der Waals surface area contributed by atoms with E-state index < -0.39 is 18.5 Å². The van der Waals surface area contributed by atoms with E-state index in [4.69, 9.17) is 23.4 Å². The van der Waals surface area contributed by atoms with Crippen LogP contribution in [0.25, 0.3) is 11.0 Å². The van der Waals surface area contributed by atoms with E-state index >= 15 is 0 Å². The lowest BCUT2D eigenvalue weighted by atomic mass is 10.1. The number of esters is 1. The Bertz CT molecular complexity index is 1030. The van der Waals surface area contributed by atoms with Crippen LogP contribution in [0.4, 0.5) is 5.69 Å². The van der Waals surface area contributed by atoms with Crippen molar-refractivity contribution in [3.63, 3.8) is 0 Å². The first kappa shape index (κ1) is 20.1. The normalized spacial score (nSPS) is 10.5. The second kappa shape index (κ2) is 8.55. The van der Waals surface area contributed by atoms with E-state index in [9.17, 15) is 9.59 Å². The predicted octanol–water partition coefficient (Wildman–Crippen LogP) is 3.56. The van der Waals surface area contributed by atoms with E-state index in [0.717, 1.165) is 5.39 Å². The van der Waals surface area contributed by atoms with E-state index in [1.54, 1.807) is 50.4 Å². The first-order chi connectivity index (χ1) is 13.9. The largest absolute Gasteiger partial charge is 0.497 e. The van der Waals surface area contributed by atoms with Crippen molar-refractivity contribution in [2.45, 2.75) is 6.92 Å². The molecule has 0 unspecified atom stereocenters. The van der Waals surface area contributed by atoms with Gasteiger partial charge in [0, 0.05) is 34.8 Å². The topological polar surface area (TPSA) is 96.2 Å². The summed E-state index contributed by atoms with van der Waals surface area (Å²) in [7, 11) is 4.57. The highest BCUT2D eigenvalue weighted by Gasteiger charge is 2.20. The summed E-state index contributed by atoms with van der Waals surface area (Å²) in [5, 5.41) is 3.37. The first-order valence-corrected chi connectivity index (χ1v) is 8.72. The molecule has 0 radical (unpaired) electrons. The van der Waals surface area contributed by atoms with E-state index in [1.807, 2.05) is 0 Å². The molecule has 0 bridgehead atoms. The summed E-state index contributed by atoms with van der Waals surface area (Å²) in [4.78, 5) is 24.6. The molecule has 8 nitrogen and oxygen atoms in total. The Morgan fingerprint density at radius 1 is 0.931 bits per heavy atom. The molecule has 0 fully saturated rings. The molecule has 0 spiro atoms. The molecule has 0 aliphatic heterocycles. The van der Waals surface area contributed by atoms with Gasteiger partial charge in [-0.3, -0.25) is 4.79 Å². The summed E-state index contributed by atoms with van der Waals surface area (Å²) >= 11 is 0. The third-order valence-corrected chi connectivity index (χ3v) is 4.30. The third kappa shape index (κ3) is 4.43. The average Bonchev–Trinajstić information content (AvgIpc) is 3.07. The number of furan rings is 1. The zero-order chi connectivity index (χ0) is 21.0. The van der Waals surface area contributed by atoms with Gasteiger partial charge in [0.05, 0.1) is 21.3 Å². The molecule has 2 aromatic carbocycles. The van der Waals surface area contributed by atoms with Crippen LogP contribution in [0.1, 0.15) is 16.1 Å². The van der Waals surface area contributed by atoms with Gasteiger partial charge in [-0.1, -0.05) is 0 Å². The molecular formula is C21H21NO7. The maximum Gasteiger partial charge on any atom is 0.375 e. The predicted molar refractivity (Wildman–Crippen MR) is 106 cm³/mol. The molecular weight excluding hydrogens is 378 g/mol. The average molecular weight is 399 g/mol. The highest BCUT2D eigenvalue weighted by Crippen LogP contribution is 2.29. The van der Waals surface area contributed by atoms with Crippen LogP contribution in [-0.4, -0.2) is 39.8 Å². The van der Waals surface area contributed by atoms with Crippen molar-refractivity contribution in [2.75, 3.05) is 33.3 Å². The summed E-state index contributed by atoms with van der Waals surface area (Å²) in [5.74, 6) is 0.494. The Kier molecular flexibility index (Phi) is 5.92. The highest BCUT2D eigenvalue weighted by atomic mass is 16.5. The number of hydrogen-bond acceptors (Lipinski definition) is 7. The van der Waals surface area contributed by atoms with Gasteiger partial charge in [-0.15, -0.1) is 0 Å². The molecule has 1 aromatic heterocycles. The molecule has 0 saturated heterocycles. The number of rotatable bonds is 7. The second-order valence-electron chi connectivity index (χ2n) is 6.14. The summed E-state index contributed by atoms with van der Waals surface area (Å²) in [5.41, 5.74) is 1.60. The minimum atomic E-state index is -0.726. The SMILES string of the molecule is COc1cc(NC(=O)COC(=O)c2oc3ccc(OC)cc3c2C)cc(OC)c1. The van der Waals surface area contributed by atoms with Crippen LogP contribution in [0.2, 0.25) is 0 Å². The number of ether oxygens (including phenoxy) is 4. The van der Waals surface area contributed by atoms with Crippen molar-refractivity contribution in [1.29, 1.82) is 0 Å². The van der Waals surface area contributed by atoms with Crippen molar-refractivity contribution >= 4 is 28.5 Å².